The molecule has 3 nitrogen and oxygen atoms in total. The minimum atomic E-state index is -0.468. The summed E-state index contributed by atoms with van der Waals surface area (Å²) in [6, 6.07) is 18.2. The Labute approximate surface area is 137 Å². The van der Waals surface area contributed by atoms with Gasteiger partial charge in [-0.15, -0.1) is 0 Å². The molecule has 2 aromatic rings. The largest absolute Gasteiger partial charge is 0.458 e. The Morgan fingerprint density at radius 2 is 1.74 bits per heavy atom. The Kier molecular flexibility index (Phi) is 4.12. The predicted octanol–water partition coefficient (Wildman–Crippen LogP) is 3.96. The fraction of sp³-hybridized carbons (Fsp3) is 0.350. The molecule has 1 aliphatic rings. The first kappa shape index (κ1) is 15.6. The molecular formula is C20H23NO2. The van der Waals surface area contributed by atoms with E-state index in [1.807, 2.05) is 51.1 Å². The second-order valence-corrected chi connectivity index (χ2v) is 7.00. The van der Waals surface area contributed by atoms with Gasteiger partial charge in [0.05, 0.1) is 0 Å². The van der Waals surface area contributed by atoms with Crippen molar-refractivity contribution in [2.24, 2.45) is 0 Å². The molecule has 0 bridgehead atoms. The molecule has 0 aliphatic carbocycles. The molecule has 1 aliphatic heterocycles. The fourth-order valence-electron chi connectivity index (χ4n) is 3.01. The Balaban J connectivity index is 1.88. The first-order valence-corrected chi connectivity index (χ1v) is 8.05. The maximum atomic E-state index is 12.7. The molecule has 0 aromatic heterocycles. The normalized spacial score (nSPS) is 17.0. The van der Waals surface area contributed by atoms with Gasteiger partial charge in [-0.25, -0.2) is 4.79 Å². The van der Waals surface area contributed by atoms with Gasteiger partial charge in [0.2, 0.25) is 0 Å². The number of carbonyl (C=O) groups excluding carboxylic acids is 1. The Hall–Kier alpha value is -2.29. The number of nitrogens with zero attached hydrogens (tertiary/aromatic N) is 1. The van der Waals surface area contributed by atoms with Gasteiger partial charge in [0.25, 0.3) is 0 Å². The molecule has 0 radical (unpaired) electrons. The third-order valence-corrected chi connectivity index (χ3v) is 3.97. The van der Waals surface area contributed by atoms with Crippen molar-refractivity contribution in [1.29, 1.82) is 0 Å². The summed E-state index contributed by atoms with van der Waals surface area (Å²) in [6.07, 6.45) is 0.706. The molecule has 23 heavy (non-hydrogen) atoms. The van der Waals surface area contributed by atoms with E-state index in [4.69, 9.17) is 4.74 Å². The zero-order valence-corrected chi connectivity index (χ0v) is 14.0. The minimum Gasteiger partial charge on any atom is -0.458 e. The zero-order valence-electron chi connectivity index (χ0n) is 14.0. The Bertz CT molecular complexity index is 688. The molecule has 0 unspecified atom stereocenters. The summed E-state index contributed by atoms with van der Waals surface area (Å²) in [4.78, 5) is 14.8. The number of ether oxygens (including phenoxy) is 1. The summed E-state index contributed by atoms with van der Waals surface area (Å²) >= 11 is 0. The van der Waals surface area contributed by atoms with E-state index in [1.165, 1.54) is 11.1 Å². The molecule has 0 saturated carbocycles. The molecule has 0 N–H and O–H groups in total. The maximum absolute atomic E-state index is 12.7. The number of para-hydroxylation sites is 1. The van der Waals surface area contributed by atoms with E-state index in [1.54, 1.807) is 0 Å². The molecule has 1 heterocycles. The average molecular weight is 309 g/mol. The summed E-state index contributed by atoms with van der Waals surface area (Å²) < 4.78 is 5.64. The van der Waals surface area contributed by atoms with Crippen LogP contribution in [0, 0.1) is 0 Å². The summed E-state index contributed by atoms with van der Waals surface area (Å²) in [5.74, 6) is -0.148. The van der Waals surface area contributed by atoms with Crippen LogP contribution in [0.1, 0.15) is 31.9 Å². The van der Waals surface area contributed by atoms with Crippen LogP contribution < -0.4 is 4.90 Å². The quantitative estimate of drug-likeness (QED) is 0.804. The SMILES string of the molecule is CC(C)(C)OC(=O)[C@@H]1Cc2ccccc2N1Cc1ccccc1. The van der Waals surface area contributed by atoms with E-state index >= 15 is 0 Å². The third-order valence-electron chi connectivity index (χ3n) is 3.97. The van der Waals surface area contributed by atoms with Gasteiger partial charge < -0.3 is 9.64 Å². The van der Waals surface area contributed by atoms with E-state index in [0.717, 1.165) is 5.69 Å². The summed E-state index contributed by atoms with van der Waals surface area (Å²) in [5.41, 5.74) is 3.06. The van der Waals surface area contributed by atoms with E-state index < -0.39 is 5.60 Å². The number of fused-ring (bicyclic) bond motifs is 1. The smallest absolute Gasteiger partial charge is 0.329 e. The third kappa shape index (κ3) is 3.55. The highest BCUT2D eigenvalue weighted by atomic mass is 16.6. The van der Waals surface area contributed by atoms with Crippen molar-refractivity contribution >= 4 is 11.7 Å². The molecular weight excluding hydrogens is 286 g/mol. The highest BCUT2D eigenvalue weighted by Crippen LogP contribution is 2.34. The van der Waals surface area contributed by atoms with Gasteiger partial charge in [-0.05, 0) is 38.0 Å². The molecule has 3 rings (SSSR count). The highest BCUT2D eigenvalue weighted by molar-refractivity contribution is 5.84. The van der Waals surface area contributed by atoms with Crippen LogP contribution in [0.5, 0.6) is 0 Å². The second-order valence-electron chi connectivity index (χ2n) is 7.00. The summed E-state index contributed by atoms with van der Waals surface area (Å²) in [5, 5.41) is 0. The van der Waals surface area contributed by atoms with E-state index in [0.29, 0.717) is 13.0 Å². The van der Waals surface area contributed by atoms with Crippen LogP contribution in [0.15, 0.2) is 54.6 Å². The van der Waals surface area contributed by atoms with Gasteiger partial charge in [-0.1, -0.05) is 48.5 Å². The molecule has 0 saturated heterocycles. The number of esters is 1. The van der Waals surface area contributed by atoms with Crippen molar-refractivity contribution in [2.75, 3.05) is 4.90 Å². The lowest BCUT2D eigenvalue weighted by Crippen LogP contribution is -2.42. The van der Waals surface area contributed by atoms with Crippen LogP contribution in [0.25, 0.3) is 0 Å². The molecule has 0 spiro atoms. The second kappa shape index (κ2) is 6.07. The Morgan fingerprint density at radius 3 is 2.43 bits per heavy atom. The Morgan fingerprint density at radius 1 is 1.09 bits per heavy atom. The van der Waals surface area contributed by atoms with Crippen molar-refractivity contribution in [3.8, 4) is 0 Å². The lowest BCUT2D eigenvalue weighted by molar-refractivity contribution is -0.156. The van der Waals surface area contributed by atoms with Crippen LogP contribution in [0.3, 0.4) is 0 Å². The number of hydrogen-bond acceptors (Lipinski definition) is 3. The van der Waals surface area contributed by atoms with E-state index in [2.05, 4.69) is 29.2 Å². The van der Waals surface area contributed by atoms with Gasteiger partial charge in [0.15, 0.2) is 0 Å². The minimum absolute atomic E-state index is 0.148. The average Bonchev–Trinajstić information content (AvgIpc) is 2.86. The zero-order chi connectivity index (χ0) is 16.4. The molecule has 1 atom stereocenters. The summed E-state index contributed by atoms with van der Waals surface area (Å²) in [7, 11) is 0. The highest BCUT2D eigenvalue weighted by Gasteiger charge is 2.36. The first-order chi connectivity index (χ1) is 10.9. The van der Waals surface area contributed by atoms with Crippen molar-refractivity contribution in [3.05, 3.63) is 65.7 Å². The molecule has 120 valence electrons. The van der Waals surface area contributed by atoms with Crippen LogP contribution in [-0.2, 0) is 22.5 Å². The van der Waals surface area contributed by atoms with Gasteiger partial charge in [0, 0.05) is 18.7 Å². The molecule has 0 amide bonds. The monoisotopic (exact) mass is 309 g/mol. The van der Waals surface area contributed by atoms with Crippen molar-refractivity contribution in [1.82, 2.24) is 0 Å². The van der Waals surface area contributed by atoms with Crippen LogP contribution in [0.4, 0.5) is 5.69 Å². The number of hydrogen-bond donors (Lipinski definition) is 0. The van der Waals surface area contributed by atoms with Crippen molar-refractivity contribution in [3.63, 3.8) is 0 Å². The van der Waals surface area contributed by atoms with E-state index in [9.17, 15) is 4.79 Å². The van der Waals surface area contributed by atoms with Crippen molar-refractivity contribution in [2.45, 2.75) is 45.4 Å². The summed E-state index contributed by atoms with van der Waals surface area (Å²) in [6.45, 7) is 6.44. The molecule has 0 fully saturated rings. The fourth-order valence-corrected chi connectivity index (χ4v) is 3.01. The maximum Gasteiger partial charge on any atom is 0.329 e. The molecule has 3 heteroatoms. The molecule has 2 aromatic carbocycles. The van der Waals surface area contributed by atoms with Gasteiger partial charge in [-0.2, -0.15) is 0 Å². The van der Waals surface area contributed by atoms with Gasteiger partial charge in [0.1, 0.15) is 11.6 Å². The van der Waals surface area contributed by atoms with E-state index in [-0.39, 0.29) is 12.0 Å². The topological polar surface area (TPSA) is 29.5 Å². The van der Waals surface area contributed by atoms with Crippen LogP contribution >= 0.6 is 0 Å². The van der Waals surface area contributed by atoms with Crippen LogP contribution in [0.2, 0.25) is 0 Å². The first-order valence-electron chi connectivity index (χ1n) is 8.05. The standard InChI is InChI=1S/C20H23NO2/c1-20(2,3)23-19(22)18-13-16-11-7-8-12-17(16)21(18)14-15-9-5-4-6-10-15/h4-12,18H,13-14H2,1-3H3/t18-/m0/s1. The number of carbonyl (C=O) groups is 1. The number of benzene rings is 2. The lowest BCUT2D eigenvalue weighted by Gasteiger charge is -2.29. The van der Waals surface area contributed by atoms with Crippen LogP contribution in [-0.4, -0.2) is 17.6 Å². The lowest BCUT2D eigenvalue weighted by atomic mass is 10.1. The van der Waals surface area contributed by atoms with Gasteiger partial charge >= 0.3 is 5.97 Å². The van der Waals surface area contributed by atoms with Crippen molar-refractivity contribution < 1.29 is 9.53 Å². The number of rotatable bonds is 3. The number of anilines is 1. The van der Waals surface area contributed by atoms with Gasteiger partial charge in [-0.3, -0.25) is 0 Å². The predicted molar refractivity (Wildman–Crippen MR) is 92.4 cm³/mol.